The van der Waals surface area contributed by atoms with Crippen molar-refractivity contribution in [2.75, 3.05) is 161 Å². The third-order valence-electron chi connectivity index (χ3n) is 21.7. The van der Waals surface area contributed by atoms with Crippen LogP contribution in [0.2, 0.25) is 0 Å². The monoisotopic (exact) mass is 1290 g/mol. The summed E-state index contributed by atoms with van der Waals surface area (Å²) in [5, 5.41) is 7.47. The molecule has 15 rings (SSSR count). The molecule has 508 valence electrons. The summed E-state index contributed by atoms with van der Waals surface area (Å²) in [6.07, 6.45) is 7.22. The molecule has 9 aromatic rings. The van der Waals surface area contributed by atoms with Crippen LogP contribution in [0.4, 0.5) is 11.4 Å². The van der Waals surface area contributed by atoms with Gasteiger partial charge in [0.05, 0.1) is 12.7 Å². The largest absolute Gasteiger partial charge is 0.377 e. The number of nitrogens with zero attached hydrogens (tertiary/aromatic N) is 9. The van der Waals surface area contributed by atoms with Gasteiger partial charge in [-0.2, -0.15) is 0 Å². The molecule has 0 aliphatic carbocycles. The van der Waals surface area contributed by atoms with Crippen molar-refractivity contribution < 1.29 is 9.53 Å². The number of rotatable bonds is 17. The van der Waals surface area contributed by atoms with Gasteiger partial charge >= 0.3 is 0 Å². The first-order valence-electron chi connectivity index (χ1n) is 36.5. The zero-order chi connectivity index (χ0) is 65.7. The van der Waals surface area contributed by atoms with E-state index in [1.807, 2.05) is 35.2 Å². The summed E-state index contributed by atoms with van der Waals surface area (Å²) in [7, 11) is 2.24. The first-order valence-corrected chi connectivity index (χ1v) is 36.5. The van der Waals surface area contributed by atoms with Crippen LogP contribution in [0, 0.1) is 0 Å². The topological polar surface area (TPSA) is 115 Å². The number of benzene rings is 6. The van der Waals surface area contributed by atoms with Gasteiger partial charge in [0, 0.05) is 228 Å². The number of carbonyl (C=O) groups is 1. The van der Waals surface area contributed by atoms with E-state index in [2.05, 4.69) is 228 Å². The average molecular weight is 1290 g/mol. The van der Waals surface area contributed by atoms with Gasteiger partial charge in [-0.25, -0.2) is 0 Å². The number of likely N-dealkylation sites (N-methyl/N-ethyl adjacent to an activating group) is 1. The number of aromatic nitrogens is 3. The first kappa shape index (κ1) is 67.3. The summed E-state index contributed by atoms with van der Waals surface area (Å²) in [6.45, 7) is 33.7. The number of hydrogen-bond donors (Lipinski definition) is 4. The quantitative estimate of drug-likeness (QED) is 0.0699. The lowest BCUT2D eigenvalue weighted by Gasteiger charge is -2.42. The highest BCUT2D eigenvalue weighted by atomic mass is 16.5. The molecule has 15 heteroatoms. The molecule has 6 aromatic carbocycles. The Morgan fingerprint density at radius 1 is 0.458 bits per heavy atom. The number of H-pyrrole nitrogens is 3. The van der Waals surface area contributed by atoms with Gasteiger partial charge in [0.1, 0.15) is 0 Å². The van der Waals surface area contributed by atoms with E-state index < -0.39 is 0 Å². The molecule has 0 atom stereocenters. The Morgan fingerprint density at radius 2 is 0.906 bits per heavy atom. The van der Waals surface area contributed by atoms with Gasteiger partial charge in [0.25, 0.3) is 5.91 Å². The van der Waals surface area contributed by atoms with Crippen molar-refractivity contribution in [1.29, 1.82) is 0 Å². The lowest BCUT2D eigenvalue weighted by Crippen LogP contribution is -2.52. The second-order valence-corrected chi connectivity index (χ2v) is 28.6. The highest BCUT2D eigenvalue weighted by Crippen LogP contribution is 2.33. The minimum Gasteiger partial charge on any atom is -0.377 e. The number of fused-ring (bicyclic) bond motifs is 3. The maximum atomic E-state index is 13.2. The number of carbonyl (C=O) groups excluding carboxylic acids is 1. The van der Waals surface area contributed by atoms with E-state index >= 15 is 0 Å². The van der Waals surface area contributed by atoms with E-state index in [1.165, 1.54) is 152 Å². The fourth-order valence-corrected chi connectivity index (χ4v) is 15.5. The molecular formula is C81H107N13O2. The minimum absolute atomic E-state index is 0.143. The van der Waals surface area contributed by atoms with E-state index in [4.69, 9.17) is 4.74 Å². The second-order valence-electron chi connectivity index (χ2n) is 28.6. The van der Waals surface area contributed by atoms with Gasteiger partial charge in [-0.05, 0) is 163 Å². The number of piperazine rings is 3. The zero-order valence-corrected chi connectivity index (χ0v) is 58.1. The maximum Gasteiger partial charge on any atom is 0.253 e. The number of ether oxygens (including phenoxy) is 1. The standard InChI is InChI=1S/C29H39N5O.C28H38N4O.C24H30N4/c1-22(2)33-18-16-32(17-19-33)15-12-30-26-10-13-34(14-11-26)29(35)25-8-5-7-23(20-25)28-21-24-6-3-4-9-27(24)31-28;1-22(2)31-16-14-30(15-17-31)18-19-33-26-10-12-32(13-11-26)25-8-5-7-23(20-25)28-21-24-6-3-4-9-27(24)29-28;1-26-13-15-28(16-14-26)21-9-11-27(12-10-21)22-7-4-6-19(17-22)24-18-20-5-2-3-8-23(20)25-24/h3-9,20-22,26,30-31H,10-19H2,1-2H3;3-9,20-22,26,29H,10-19H2,1-2H3;2-8,17-18,21,25H,9-16H2,1H3. The molecule has 0 spiro atoms. The van der Waals surface area contributed by atoms with E-state index in [-0.39, 0.29) is 5.91 Å². The molecule has 6 saturated heterocycles. The third-order valence-corrected chi connectivity index (χ3v) is 21.7. The lowest BCUT2D eigenvalue weighted by molar-refractivity contribution is 0.0136. The summed E-state index contributed by atoms with van der Waals surface area (Å²) >= 11 is 0. The van der Waals surface area contributed by atoms with Crippen LogP contribution in [0.25, 0.3) is 66.5 Å². The molecule has 0 bridgehead atoms. The Kier molecular flexibility index (Phi) is 22.7. The summed E-state index contributed by atoms with van der Waals surface area (Å²) < 4.78 is 6.28. The second kappa shape index (κ2) is 32.4. The fourth-order valence-electron chi connectivity index (χ4n) is 15.5. The van der Waals surface area contributed by atoms with Crippen molar-refractivity contribution >= 4 is 50.0 Å². The normalized spacial score (nSPS) is 19.2. The van der Waals surface area contributed by atoms with Gasteiger partial charge in [-0.3, -0.25) is 29.3 Å². The molecule has 3 aromatic heterocycles. The van der Waals surface area contributed by atoms with Gasteiger partial charge in [-0.1, -0.05) is 91.0 Å². The van der Waals surface area contributed by atoms with E-state index in [9.17, 15) is 4.79 Å². The van der Waals surface area contributed by atoms with Crippen LogP contribution in [0.1, 0.15) is 76.6 Å². The van der Waals surface area contributed by atoms with Crippen molar-refractivity contribution in [2.45, 2.75) is 96.5 Å². The molecule has 15 nitrogen and oxygen atoms in total. The Hall–Kier alpha value is -7.31. The Labute approximate surface area is 571 Å². The predicted molar refractivity (Wildman–Crippen MR) is 400 cm³/mol. The molecule has 6 aliphatic rings. The average Bonchev–Trinajstić information content (AvgIpc) is 1.29. The number of anilines is 2. The number of para-hydroxylation sites is 3. The van der Waals surface area contributed by atoms with Crippen LogP contribution < -0.4 is 15.1 Å². The minimum atomic E-state index is 0.143. The van der Waals surface area contributed by atoms with Crippen LogP contribution in [0.5, 0.6) is 0 Å². The molecule has 9 heterocycles. The third kappa shape index (κ3) is 17.3. The van der Waals surface area contributed by atoms with E-state index in [0.29, 0.717) is 24.2 Å². The van der Waals surface area contributed by atoms with Gasteiger partial charge in [0.15, 0.2) is 0 Å². The van der Waals surface area contributed by atoms with Crippen molar-refractivity contribution in [3.63, 3.8) is 0 Å². The summed E-state index contributed by atoms with van der Waals surface area (Å²) in [5.74, 6) is 0.143. The van der Waals surface area contributed by atoms with Gasteiger partial charge < -0.3 is 44.6 Å². The smallest absolute Gasteiger partial charge is 0.253 e. The van der Waals surface area contributed by atoms with Crippen LogP contribution >= 0.6 is 0 Å². The molecule has 6 aliphatic heterocycles. The number of nitrogens with one attached hydrogen (secondary N) is 4. The van der Waals surface area contributed by atoms with Crippen molar-refractivity contribution in [3.8, 4) is 33.8 Å². The summed E-state index contributed by atoms with van der Waals surface area (Å²) in [4.78, 5) is 46.4. The fraction of sp³-hybridized carbons (Fsp3) is 0.469. The van der Waals surface area contributed by atoms with E-state index in [1.54, 1.807) is 0 Å². The number of likely N-dealkylation sites (tertiary alicyclic amines) is 1. The van der Waals surface area contributed by atoms with Crippen LogP contribution in [0.3, 0.4) is 0 Å². The van der Waals surface area contributed by atoms with Crippen molar-refractivity contribution in [1.82, 2.24) is 54.6 Å². The molecule has 96 heavy (non-hydrogen) atoms. The lowest BCUT2D eigenvalue weighted by atomic mass is 10.0. The maximum absolute atomic E-state index is 13.2. The Bertz CT molecular complexity index is 3780. The molecule has 0 saturated carbocycles. The van der Waals surface area contributed by atoms with Gasteiger partial charge in [-0.15, -0.1) is 0 Å². The molecule has 0 radical (unpaired) electrons. The van der Waals surface area contributed by atoms with Gasteiger partial charge in [0.2, 0.25) is 0 Å². The predicted octanol–water partition coefficient (Wildman–Crippen LogP) is 13.0. The van der Waals surface area contributed by atoms with Crippen LogP contribution in [-0.4, -0.2) is 237 Å². The molecular weight excluding hydrogens is 1190 g/mol. The molecule has 4 N–H and O–H groups in total. The molecule has 1 amide bonds. The first-order chi connectivity index (χ1) is 47.0. The summed E-state index contributed by atoms with van der Waals surface area (Å²) in [6, 6.07) is 60.5. The van der Waals surface area contributed by atoms with Crippen molar-refractivity contribution in [2.24, 2.45) is 0 Å². The highest BCUT2D eigenvalue weighted by Gasteiger charge is 2.29. The Morgan fingerprint density at radius 3 is 1.39 bits per heavy atom. The van der Waals surface area contributed by atoms with Crippen LogP contribution in [-0.2, 0) is 4.74 Å². The Balaban J connectivity index is 0.000000131. The number of hydrogen-bond acceptors (Lipinski definition) is 11. The summed E-state index contributed by atoms with van der Waals surface area (Å²) in [5.41, 5.74) is 14.0. The van der Waals surface area contributed by atoms with Crippen LogP contribution in [0.15, 0.2) is 164 Å². The SMILES string of the molecule is CC(C)N1CCN(CCNC2CCN(C(=O)c3cccc(-c4cc5ccccc5[nH]4)c3)CC2)CC1.CC(C)N1CCN(CCOC2CCN(c3cccc(-c4cc5ccccc5[nH]4)c3)CC2)CC1.CN1CCN(C2CCN(c3cccc(-c4cc5ccccc5[nH]4)c3)CC2)CC1. The zero-order valence-electron chi connectivity index (χ0n) is 58.1. The highest BCUT2D eigenvalue weighted by molar-refractivity contribution is 5.96. The van der Waals surface area contributed by atoms with Crippen molar-refractivity contribution in [3.05, 3.63) is 169 Å². The molecule has 0 unspecified atom stereocenters. The van der Waals surface area contributed by atoms with E-state index in [0.717, 1.165) is 120 Å². The molecule has 6 fully saturated rings. The number of piperidine rings is 3. The number of aromatic amines is 3. The number of amides is 1.